The second-order valence-electron chi connectivity index (χ2n) is 30.6. The van der Waals surface area contributed by atoms with Crippen molar-refractivity contribution in [1.82, 2.24) is 5.32 Å². The predicted octanol–water partition coefficient (Wildman–Crippen LogP) is 16.6. The van der Waals surface area contributed by atoms with Crippen molar-refractivity contribution in [3.05, 3.63) is 146 Å². The molecule has 112 heavy (non-hydrogen) atoms. The smallest absolute Gasteiger partial charge is 0.220 e. The average molecular weight is 1580 g/mol. The summed E-state index contributed by atoms with van der Waals surface area (Å²) in [6.07, 6.45) is 76.6. The van der Waals surface area contributed by atoms with Crippen LogP contribution in [0.4, 0.5) is 0 Å². The SMILES string of the molecule is CC/C=C\C/C=C\C/C=C\C/C=C\C/C=C\C/C=C\C/C=C\C/C=C\C/C=C\C/C=C\C/C=C\C/C=C\CCCCC(=O)NC(COC1OC(CO)C(OC2OC(CO)C(OC3OC(CO)C(O)C(O)C3O)C(O)C2O)C(O)C1O)C(O)CCCCCCCCCCCCCCCCCCCCCCCCCCCCCC. The molecule has 0 saturated carbocycles. The number of allylic oxidation sites excluding steroid dienone is 24. The zero-order valence-corrected chi connectivity index (χ0v) is 69.1. The zero-order valence-electron chi connectivity index (χ0n) is 69.1. The minimum atomic E-state index is -1.99. The van der Waals surface area contributed by atoms with E-state index in [9.17, 15) is 61.0 Å². The van der Waals surface area contributed by atoms with E-state index in [-0.39, 0.29) is 18.9 Å². The predicted molar refractivity (Wildman–Crippen MR) is 452 cm³/mol. The van der Waals surface area contributed by atoms with Gasteiger partial charge in [0.15, 0.2) is 18.9 Å². The number of amides is 1. The molecule has 3 aliphatic rings. The Morgan fingerprint density at radius 1 is 0.330 bits per heavy atom. The first kappa shape index (κ1) is 102. The third-order valence-electron chi connectivity index (χ3n) is 20.9. The summed E-state index contributed by atoms with van der Waals surface area (Å²) in [7, 11) is 0. The summed E-state index contributed by atoms with van der Waals surface area (Å²) in [5.74, 6) is -0.287. The van der Waals surface area contributed by atoms with E-state index in [1.165, 1.54) is 154 Å². The van der Waals surface area contributed by atoms with E-state index in [0.29, 0.717) is 19.3 Å². The Morgan fingerprint density at radius 2 is 0.616 bits per heavy atom. The van der Waals surface area contributed by atoms with Gasteiger partial charge in [-0.05, 0) is 103 Å². The summed E-state index contributed by atoms with van der Waals surface area (Å²) in [5, 5.41) is 121. The Hall–Kier alpha value is -4.33. The molecule has 12 N–H and O–H groups in total. The second-order valence-corrected chi connectivity index (χ2v) is 30.6. The van der Waals surface area contributed by atoms with Crippen LogP contribution < -0.4 is 5.32 Å². The normalized spacial score (nSPS) is 25.7. The molecule has 0 aromatic rings. The molecule has 19 nitrogen and oxygen atoms in total. The Labute approximate surface area is 676 Å². The van der Waals surface area contributed by atoms with Crippen LogP contribution in [0.3, 0.4) is 0 Å². The largest absolute Gasteiger partial charge is 0.394 e. The lowest BCUT2D eigenvalue weighted by molar-refractivity contribution is -0.379. The minimum absolute atomic E-state index is 0.202. The fourth-order valence-electron chi connectivity index (χ4n) is 13.9. The Morgan fingerprint density at radius 3 is 0.946 bits per heavy atom. The third kappa shape index (κ3) is 49.0. The Kier molecular flexibility index (Phi) is 64.4. The monoisotopic (exact) mass is 1580 g/mol. The lowest BCUT2D eigenvalue weighted by Gasteiger charge is -2.48. The quantitative estimate of drug-likeness (QED) is 0.0199. The molecule has 0 radical (unpaired) electrons. The topological polar surface area (TPSA) is 307 Å². The highest BCUT2D eigenvalue weighted by Crippen LogP contribution is 2.33. The van der Waals surface area contributed by atoms with Crippen molar-refractivity contribution in [2.24, 2.45) is 0 Å². The van der Waals surface area contributed by atoms with E-state index in [1.54, 1.807) is 0 Å². The highest BCUT2D eigenvalue weighted by Gasteiger charge is 2.54. The molecule has 17 atom stereocenters. The first-order chi connectivity index (χ1) is 54.8. The van der Waals surface area contributed by atoms with Crippen LogP contribution in [0.1, 0.15) is 303 Å². The van der Waals surface area contributed by atoms with E-state index in [4.69, 9.17) is 28.4 Å². The number of carbonyl (C=O) groups excluding carboxylic acids is 1. The second kappa shape index (κ2) is 70.8. The molecular formula is C93H157NO18. The van der Waals surface area contributed by atoms with Gasteiger partial charge in [-0.25, -0.2) is 0 Å². The van der Waals surface area contributed by atoms with Crippen LogP contribution >= 0.6 is 0 Å². The number of nitrogens with one attached hydrogen (secondary N) is 1. The van der Waals surface area contributed by atoms with Gasteiger partial charge in [-0.15, -0.1) is 0 Å². The molecule has 19 heteroatoms. The molecule has 0 bridgehead atoms. The van der Waals surface area contributed by atoms with E-state index in [2.05, 4.69) is 165 Å². The molecule has 0 spiro atoms. The summed E-state index contributed by atoms with van der Waals surface area (Å²) < 4.78 is 34.5. The number of aliphatic hydroxyl groups is 11. The number of unbranched alkanes of at least 4 members (excludes halogenated alkanes) is 29. The van der Waals surface area contributed by atoms with Crippen LogP contribution in [0.5, 0.6) is 0 Å². The van der Waals surface area contributed by atoms with E-state index < -0.39 is 124 Å². The minimum Gasteiger partial charge on any atom is -0.394 e. The summed E-state index contributed by atoms with van der Waals surface area (Å²) >= 11 is 0. The summed E-state index contributed by atoms with van der Waals surface area (Å²) in [5.41, 5.74) is 0. The Bertz CT molecular complexity index is 2590. The van der Waals surface area contributed by atoms with Crippen molar-refractivity contribution in [2.45, 2.75) is 407 Å². The molecule has 3 heterocycles. The molecule has 0 aliphatic carbocycles. The van der Waals surface area contributed by atoms with Gasteiger partial charge in [0, 0.05) is 6.42 Å². The van der Waals surface area contributed by atoms with Crippen molar-refractivity contribution in [1.29, 1.82) is 0 Å². The van der Waals surface area contributed by atoms with Crippen LogP contribution in [0, 0.1) is 0 Å². The highest BCUT2D eigenvalue weighted by atomic mass is 16.8. The van der Waals surface area contributed by atoms with Gasteiger partial charge in [0.05, 0.1) is 38.6 Å². The average Bonchev–Trinajstić information content (AvgIpc) is 0.780. The van der Waals surface area contributed by atoms with E-state index >= 15 is 0 Å². The summed E-state index contributed by atoms with van der Waals surface area (Å²) in [6.45, 7) is 1.68. The van der Waals surface area contributed by atoms with Gasteiger partial charge < -0.3 is 89.9 Å². The lowest BCUT2D eigenvalue weighted by Crippen LogP contribution is -2.66. The summed E-state index contributed by atoms with van der Waals surface area (Å²) in [4.78, 5) is 13.5. The maximum absolute atomic E-state index is 13.5. The maximum atomic E-state index is 13.5. The van der Waals surface area contributed by atoms with Gasteiger partial charge in [0.1, 0.15) is 73.2 Å². The van der Waals surface area contributed by atoms with E-state index in [0.717, 1.165) is 109 Å². The molecule has 17 unspecified atom stereocenters. The number of hydrogen-bond donors (Lipinski definition) is 12. The number of hydrogen-bond acceptors (Lipinski definition) is 18. The molecule has 642 valence electrons. The molecule has 1 amide bonds. The van der Waals surface area contributed by atoms with Gasteiger partial charge in [-0.1, -0.05) is 339 Å². The zero-order chi connectivity index (χ0) is 81.0. The fraction of sp³-hybridized carbons (Fsp3) is 0.731. The third-order valence-corrected chi connectivity index (χ3v) is 20.9. The highest BCUT2D eigenvalue weighted by molar-refractivity contribution is 5.76. The van der Waals surface area contributed by atoms with Crippen molar-refractivity contribution in [2.75, 3.05) is 26.4 Å². The lowest BCUT2D eigenvalue weighted by atomic mass is 9.96. The number of aliphatic hydroxyl groups excluding tert-OH is 11. The van der Waals surface area contributed by atoms with Gasteiger partial charge >= 0.3 is 0 Å². The maximum Gasteiger partial charge on any atom is 0.220 e. The molecule has 3 aliphatic heterocycles. The van der Waals surface area contributed by atoms with Crippen LogP contribution in [0.25, 0.3) is 0 Å². The van der Waals surface area contributed by atoms with Crippen LogP contribution in [-0.2, 0) is 33.2 Å². The van der Waals surface area contributed by atoms with Crippen molar-refractivity contribution in [3.63, 3.8) is 0 Å². The molecule has 0 aromatic carbocycles. The molecule has 3 rings (SSSR count). The number of rotatable bonds is 69. The standard InChI is InChI=1S/C93H157NO18/c1-3-5-7-9-11-13-15-17-19-21-23-25-27-29-31-33-34-35-36-37-38-39-40-41-42-43-45-47-49-51-53-55-57-59-61-63-65-67-69-71-81(99)94-76(77(98)70-68-66-64-62-60-58-56-54-52-50-48-46-44-32-30-28-26-24-22-20-18-16-14-12-10-8-6-4-2)75-107-91-87(105)84(102)89(79(73-96)109-91)112-93-88(106)85(103)90(80(74-97)110-93)111-92-86(104)83(101)82(100)78(72-95)108-92/h5,7,11,13,17,19,23,25,29,31,34-35,37-38,40-41,43,45,49,51,55,57,61,63,76-80,82-93,95-98,100-106H,3-4,6,8-10,12,14-16,18,20-22,24,26-28,30,32-33,36,39,42,44,46-48,50,52-54,56,58-60,62,64-75H2,1-2H3,(H,94,99)/b7-5-,13-11-,19-17-,25-23-,31-29-,35-34-,38-37-,41-40-,45-43-,51-49-,57-55-,63-61-. The number of carbonyl (C=O) groups is 1. The van der Waals surface area contributed by atoms with Gasteiger partial charge in [0.2, 0.25) is 5.91 Å². The molecule has 3 saturated heterocycles. The molecule has 0 aromatic heterocycles. The summed E-state index contributed by atoms with van der Waals surface area (Å²) in [6, 6.07) is -0.924. The number of ether oxygens (including phenoxy) is 6. The van der Waals surface area contributed by atoms with Gasteiger partial charge in [-0.2, -0.15) is 0 Å². The Balaban J connectivity index is 1.36. The van der Waals surface area contributed by atoms with Crippen LogP contribution in [0.2, 0.25) is 0 Å². The van der Waals surface area contributed by atoms with Crippen LogP contribution in [-0.4, -0.2) is 193 Å². The van der Waals surface area contributed by atoms with Gasteiger partial charge in [-0.3, -0.25) is 4.79 Å². The fourth-order valence-corrected chi connectivity index (χ4v) is 13.9. The van der Waals surface area contributed by atoms with Crippen molar-refractivity contribution < 1.29 is 89.4 Å². The molecule has 3 fully saturated rings. The van der Waals surface area contributed by atoms with Crippen molar-refractivity contribution in [3.8, 4) is 0 Å². The first-order valence-electron chi connectivity index (χ1n) is 44.1. The van der Waals surface area contributed by atoms with E-state index in [1.807, 2.05) is 0 Å². The van der Waals surface area contributed by atoms with Gasteiger partial charge in [0.25, 0.3) is 0 Å². The van der Waals surface area contributed by atoms with Crippen molar-refractivity contribution >= 4 is 5.91 Å². The first-order valence-corrected chi connectivity index (χ1v) is 44.1. The van der Waals surface area contributed by atoms with Crippen LogP contribution in [0.15, 0.2) is 146 Å². The molecular weight excluding hydrogens is 1420 g/mol.